The molecule has 3 heterocycles. The van der Waals surface area contributed by atoms with Crippen molar-refractivity contribution in [3.05, 3.63) is 18.6 Å². The highest BCUT2D eigenvalue weighted by Gasteiger charge is 2.24. The number of anilines is 1. The third-order valence-electron chi connectivity index (χ3n) is 3.91. The number of carboxylic acids is 1. The highest BCUT2D eigenvalue weighted by molar-refractivity contribution is 5.86. The van der Waals surface area contributed by atoms with Gasteiger partial charge in [-0.25, -0.2) is 9.97 Å². The molecule has 6 nitrogen and oxygen atoms in total. The van der Waals surface area contributed by atoms with Crippen molar-refractivity contribution in [1.29, 1.82) is 0 Å². The van der Waals surface area contributed by atoms with Crippen LogP contribution in [0.5, 0.6) is 0 Å². The van der Waals surface area contributed by atoms with Gasteiger partial charge in [0.2, 0.25) is 0 Å². The lowest BCUT2D eigenvalue weighted by Crippen LogP contribution is -2.36. The van der Waals surface area contributed by atoms with Crippen LogP contribution in [0.25, 0.3) is 11.0 Å². The number of nitrogens with zero attached hydrogens (tertiary/aromatic N) is 4. The predicted molar refractivity (Wildman–Crippen MR) is 75.7 cm³/mol. The molecule has 0 spiro atoms. The fourth-order valence-electron chi connectivity index (χ4n) is 2.95. The third kappa shape index (κ3) is 2.33. The monoisotopic (exact) mass is 274 g/mol. The maximum absolute atomic E-state index is 10.9. The minimum absolute atomic E-state index is 0.196. The van der Waals surface area contributed by atoms with Gasteiger partial charge in [0.05, 0.1) is 11.8 Å². The van der Waals surface area contributed by atoms with Crippen LogP contribution in [0, 0.1) is 5.92 Å². The van der Waals surface area contributed by atoms with E-state index in [2.05, 4.69) is 14.9 Å². The molecule has 1 N–H and O–H groups in total. The number of aliphatic carboxylic acids is 1. The van der Waals surface area contributed by atoms with Gasteiger partial charge in [0, 0.05) is 32.8 Å². The summed E-state index contributed by atoms with van der Waals surface area (Å²) in [6, 6.07) is 1.95. The first-order valence-corrected chi connectivity index (χ1v) is 6.88. The summed E-state index contributed by atoms with van der Waals surface area (Å²) in [5, 5.41) is 8.95. The lowest BCUT2D eigenvalue weighted by molar-refractivity contribution is -0.138. The Hall–Kier alpha value is -2.11. The first kappa shape index (κ1) is 12.9. The fourth-order valence-corrected chi connectivity index (χ4v) is 2.95. The molecule has 1 unspecified atom stereocenters. The molecule has 0 saturated carbocycles. The van der Waals surface area contributed by atoms with Crippen LogP contribution in [0.2, 0.25) is 0 Å². The average Bonchev–Trinajstić information content (AvgIpc) is 2.80. The molecular formula is C14H18N4O2. The second-order valence-electron chi connectivity index (χ2n) is 5.41. The summed E-state index contributed by atoms with van der Waals surface area (Å²) in [4.78, 5) is 21.9. The van der Waals surface area contributed by atoms with Crippen molar-refractivity contribution >= 4 is 22.8 Å². The molecule has 0 amide bonds. The normalized spacial score (nSPS) is 19.4. The average molecular weight is 274 g/mol. The molecule has 106 valence electrons. The Morgan fingerprint density at radius 2 is 2.35 bits per heavy atom. The zero-order chi connectivity index (χ0) is 14.1. The Bertz CT molecular complexity index is 637. The zero-order valence-corrected chi connectivity index (χ0v) is 11.5. The van der Waals surface area contributed by atoms with Crippen LogP contribution in [-0.2, 0) is 11.8 Å². The molecule has 2 aromatic rings. The van der Waals surface area contributed by atoms with E-state index in [1.165, 1.54) is 0 Å². The lowest BCUT2D eigenvalue weighted by atomic mass is 9.95. The quantitative estimate of drug-likeness (QED) is 0.921. The van der Waals surface area contributed by atoms with Crippen LogP contribution in [-0.4, -0.2) is 38.7 Å². The Morgan fingerprint density at radius 3 is 3.15 bits per heavy atom. The Kier molecular flexibility index (Phi) is 3.30. The van der Waals surface area contributed by atoms with Crippen LogP contribution in [0.4, 0.5) is 5.82 Å². The minimum Gasteiger partial charge on any atom is -0.481 e. The SMILES string of the molecule is Cn1cnc2c(N3CCCC(CC(=O)O)C3)nccc21. The molecule has 0 aromatic carbocycles. The molecule has 2 aromatic heterocycles. The first-order chi connectivity index (χ1) is 9.65. The standard InChI is InChI=1S/C14H18N4O2/c1-17-9-16-13-11(17)4-5-15-14(13)18-6-2-3-10(8-18)7-12(19)20/h4-5,9-10H,2-3,6-8H2,1H3,(H,19,20). The van der Waals surface area contributed by atoms with Gasteiger partial charge in [0.15, 0.2) is 5.82 Å². The topological polar surface area (TPSA) is 71.2 Å². The highest BCUT2D eigenvalue weighted by atomic mass is 16.4. The van der Waals surface area contributed by atoms with Crippen molar-refractivity contribution in [1.82, 2.24) is 14.5 Å². The van der Waals surface area contributed by atoms with Crippen molar-refractivity contribution in [3.8, 4) is 0 Å². The molecule has 0 aliphatic carbocycles. The van der Waals surface area contributed by atoms with Gasteiger partial charge in [0.1, 0.15) is 5.52 Å². The minimum atomic E-state index is -0.721. The van der Waals surface area contributed by atoms with Gasteiger partial charge in [-0.15, -0.1) is 0 Å². The van der Waals surface area contributed by atoms with E-state index in [1.807, 2.05) is 17.7 Å². The number of piperidine rings is 1. The summed E-state index contributed by atoms with van der Waals surface area (Å²) < 4.78 is 1.97. The van der Waals surface area contributed by atoms with Gasteiger partial charge in [-0.3, -0.25) is 4.79 Å². The second kappa shape index (κ2) is 5.11. The third-order valence-corrected chi connectivity index (χ3v) is 3.91. The summed E-state index contributed by atoms with van der Waals surface area (Å²) in [7, 11) is 1.96. The summed E-state index contributed by atoms with van der Waals surface area (Å²) in [6.07, 6.45) is 5.78. The molecule has 1 atom stereocenters. The molecule has 1 aliphatic rings. The van der Waals surface area contributed by atoms with Crippen molar-refractivity contribution in [2.24, 2.45) is 13.0 Å². The molecule has 20 heavy (non-hydrogen) atoms. The largest absolute Gasteiger partial charge is 0.481 e. The number of carboxylic acid groups (broad SMARTS) is 1. The van der Waals surface area contributed by atoms with E-state index in [0.29, 0.717) is 0 Å². The zero-order valence-electron chi connectivity index (χ0n) is 11.5. The van der Waals surface area contributed by atoms with Crippen LogP contribution >= 0.6 is 0 Å². The van der Waals surface area contributed by atoms with Gasteiger partial charge in [-0.05, 0) is 24.8 Å². The second-order valence-corrected chi connectivity index (χ2v) is 5.41. The van der Waals surface area contributed by atoms with Crippen molar-refractivity contribution in [3.63, 3.8) is 0 Å². The van der Waals surface area contributed by atoms with E-state index in [0.717, 1.165) is 42.8 Å². The van der Waals surface area contributed by atoms with E-state index < -0.39 is 5.97 Å². The van der Waals surface area contributed by atoms with E-state index in [9.17, 15) is 4.79 Å². The number of imidazole rings is 1. The molecule has 0 bridgehead atoms. The fraction of sp³-hybridized carbons (Fsp3) is 0.500. The number of carbonyl (C=O) groups is 1. The summed E-state index contributed by atoms with van der Waals surface area (Å²) in [6.45, 7) is 1.66. The van der Waals surface area contributed by atoms with E-state index in [1.54, 1.807) is 12.5 Å². The van der Waals surface area contributed by atoms with Gasteiger partial charge in [0.25, 0.3) is 0 Å². The van der Waals surface area contributed by atoms with Crippen molar-refractivity contribution < 1.29 is 9.90 Å². The molecule has 1 fully saturated rings. The predicted octanol–water partition coefficient (Wildman–Crippen LogP) is 1.66. The van der Waals surface area contributed by atoms with E-state index >= 15 is 0 Å². The van der Waals surface area contributed by atoms with Crippen LogP contribution in [0.1, 0.15) is 19.3 Å². The Morgan fingerprint density at radius 1 is 1.50 bits per heavy atom. The van der Waals surface area contributed by atoms with Crippen molar-refractivity contribution in [2.45, 2.75) is 19.3 Å². The Balaban J connectivity index is 1.88. The summed E-state index contributed by atoms with van der Waals surface area (Å²) in [5.41, 5.74) is 1.95. The highest BCUT2D eigenvalue weighted by Crippen LogP contribution is 2.28. The van der Waals surface area contributed by atoms with Crippen LogP contribution < -0.4 is 4.90 Å². The summed E-state index contributed by atoms with van der Waals surface area (Å²) in [5.74, 6) is 0.348. The van der Waals surface area contributed by atoms with Gasteiger partial charge in [-0.2, -0.15) is 0 Å². The Labute approximate surface area is 117 Å². The van der Waals surface area contributed by atoms with E-state index in [4.69, 9.17) is 5.11 Å². The van der Waals surface area contributed by atoms with Gasteiger partial charge < -0.3 is 14.6 Å². The summed E-state index contributed by atoms with van der Waals surface area (Å²) >= 11 is 0. The molecule has 3 rings (SSSR count). The number of aromatic nitrogens is 3. The maximum atomic E-state index is 10.9. The van der Waals surface area contributed by atoms with Crippen molar-refractivity contribution in [2.75, 3.05) is 18.0 Å². The number of pyridine rings is 1. The lowest BCUT2D eigenvalue weighted by Gasteiger charge is -2.33. The number of rotatable bonds is 3. The van der Waals surface area contributed by atoms with E-state index in [-0.39, 0.29) is 12.3 Å². The number of hydrogen-bond acceptors (Lipinski definition) is 4. The number of aryl methyl sites for hydroxylation is 1. The molecule has 6 heteroatoms. The number of hydrogen-bond donors (Lipinski definition) is 1. The molecule has 1 saturated heterocycles. The van der Waals surface area contributed by atoms with Gasteiger partial charge >= 0.3 is 5.97 Å². The maximum Gasteiger partial charge on any atom is 0.303 e. The first-order valence-electron chi connectivity index (χ1n) is 6.88. The van der Waals surface area contributed by atoms with Crippen LogP contribution in [0.15, 0.2) is 18.6 Å². The molecule has 1 aliphatic heterocycles. The van der Waals surface area contributed by atoms with Crippen LogP contribution in [0.3, 0.4) is 0 Å². The van der Waals surface area contributed by atoms with Gasteiger partial charge in [-0.1, -0.05) is 0 Å². The molecular weight excluding hydrogens is 256 g/mol. The smallest absolute Gasteiger partial charge is 0.303 e. The molecule has 0 radical (unpaired) electrons. The number of fused-ring (bicyclic) bond motifs is 1.